The molecule has 0 heterocycles. The van der Waals surface area contributed by atoms with Gasteiger partial charge in [0.2, 0.25) is 0 Å². The van der Waals surface area contributed by atoms with Gasteiger partial charge in [-0.1, -0.05) is 31.5 Å². The predicted octanol–water partition coefficient (Wildman–Crippen LogP) is 6.05. The average Bonchev–Trinajstić information content (AvgIpc) is 2.98. The molecule has 1 aliphatic carbocycles. The average molecular weight is 375 g/mol. The highest BCUT2D eigenvalue weighted by atomic mass is 35.5. The maximum Gasteiger partial charge on any atom is 0.426 e. The fourth-order valence-corrected chi connectivity index (χ4v) is 3.08. The van der Waals surface area contributed by atoms with Gasteiger partial charge in [0.25, 0.3) is 0 Å². The van der Waals surface area contributed by atoms with Crippen LogP contribution in [0.4, 0.5) is 30.7 Å². The van der Waals surface area contributed by atoms with Crippen LogP contribution in [0.2, 0.25) is 0 Å². The van der Waals surface area contributed by atoms with Crippen molar-refractivity contribution in [3.8, 4) is 0 Å². The first-order valence-corrected chi connectivity index (χ1v) is 7.43. The molecule has 1 aliphatic rings. The number of benzene rings is 1. The van der Waals surface area contributed by atoms with Gasteiger partial charge in [-0.3, -0.25) is 0 Å². The van der Waals surface area contributed by atoms with Gasteiger partial charge >= 0.3 is 6.18 Å². The first kappa shape index (κ1) is 19.1. The molecule has 134 valence electrons. The second-order valence-electron chi connectivity index (χ2n) is 6.53. The van der Waals surface area contributed by atoms with Crippen molar-refractivity contribution in [3.63, 3.8) is 0 Å². The molecule has 2 atom stereocenters. The Balaban J connectivity index is 2.34. The van der Waals surface area contributed by atoms with Gasteiger partial charge in [-0.15, -0.1) is 0 Å². The van der Waals surface area contributed by atoms with Crippen LogP contribution >= 0.6 is 11.6 Å². The molecule has 0 N–H and O–H groups in total. The summed E-state index contributed by atoms with van der Waals surface area (Å²) in [5, 5.41) is -1.33. The highest BCUT2D eigenvalue weighted by Gasteiger charge is 2.57. The highest BCUT2D eigenvalue weighted by molar-refractivity contribution is 6.30. The van der Waals surface area contributed by atoms with Gasteiger partial charge in [0.15, 0.2) is 23.3 Å². The van der Waals surface area contributed by atoms with Gasteiger partial charge in [-0.2, -0.15) is 13.2 Å². The maximum absolute atomic E-state index is 13.9. The lowest BCUT2D eigenvalue weighted by molar-refractivity contribution is -0.0848. The molecule has 8 heteroatoms. The molecule has 0 spiro atoms. The van der Waals surface area contributed by atoms with Crippen molar-refractivity contribution in [2.75, 3.05) is 0 Å². The van der Waals surface area contributed by atoms with E-state index < -0.39 is 69.3 Å². The molecule has 0 aromatic heterocycles. The minimum absolute atomic E-state index is 0.429. The maximum atomic E-state index is 13.9. The molecule has 0 nitrogen and oxygen atoms in total. The molecular formula is C16H14ClF7. The van der Waals surface area contributed by atoms with Crippen LogP contribution < -0.4 is 0 Å². The summed E-state index contributed by atoms with van der Waals surface area (Å²) < 4.78 is 92.5. The van der Waals surface area contributed by atoms with E-state index in [1.807, 2.05) is 0 Å². The molecule has 1 saturated carbocycles. The van der Waals surface area contributed by atoms with Crippen molar-refractivity contribution in [1.82, 2.24) is 0 Å². The Kier molecular flexibility index (Phi) is 4.72. The largest absolute Gasteiger partial charge is 0.426 e. The van der Waals surface area contributed by atoms with Crippen LogP contribution in [0.3, 0.4) is 0 Å². The molecule has 1 aromatic carbocycles. The standard InChI is InChI=1S/C16H14ClF7/c1-6-11(18)13(20)7(14(21)12(6)19)4-8-9(15(8,2)3)5-10(17)16(22,23)24/h5,8-9H,4H2,1-3H3/b10-5+. The summed E-state index contributed by atoms with van der Waals surface area (Å²) in [6.07, 6.45) is -4.37. The van der Waals surface area contributed by atoms with Crippen LogP contribution in [0.1, 0.15) is 25.0 Å². The molecule has 24 heavy (non-hydrogen) atoms. The SMILES string of the molecule is Cc1c(F)c(F)c(CC2C(/C=C(/Cl)C(F)(F)F)C2(C)C)c(F)c1F. The van der Waals surface area contributed by atoms with Gasteiger partial charge in [0, 0.05) is 11.1 Å². The van der Waals surface area contributed by atoms with Crippen LogP contribution in [0.25, 0.3) is 0 Å². The number of halogens is 8. The van der Waals surface area contributed by atoms with E-state index in [-0.39, 0.29) is 0 Å². The van der Waals surface area contributed by atoms with Crippen LogP contribution in [0, 0.1) is 47.4 Å². The fraction of sp³-hybridized carbons (Fsp3) is 0.500. The minimum atomic E-state index is -4.72. The van der Waals surface area contributed by atoms with E-state index in [4.69, 9.17) is 11.6 Å². The lowest BCUT2D eigenvalue weighted by Gasteiger charge is -2.10. The first-order valence-electron chi connectivity index (χ1n) is 7.06. The normalized spacial score (nSPS) is 23.5. The lowest BCUT2D eigenvalue weighted by Crippen LogP contribution is -2.09. The van der Waals surface area contributed by atoms with Crippen molar-refractivity contribution >= 4 is 11.6 Å². The molecule has 2 rings (SSSR count). The first-order chi connectivity index (χ1) is 10.8. The van der Waals surface area contributed by atoms with Crippen molar-refractivity contribution in [3.05, 3.63) is 45.5 Å². The summed E-state index contributed by atoms with van der Waals surface area (Å²) >= 11 is 5.19. The van der Waals surface area contributed by atoms with E-state index in [0.29, 0.717) is 0 Å². The molecular weight excluding hydrogens is 361 g/mol. The summed E-state index contributed by atoms with van der Waals surface area (Å²) in [6.45, 7) is 4.09. The second kappa shape index (κ2) is 5.93. The second-order valence-corrected chi connectivity index (χ2v) is 6.94. The van der Waals surface area contributed by atoms with Crippen LogP contribution in [-0.4, -0.2) is 6.18 Å². The third-order valence-corrected chi connectivity index (χ3v) is 5.07. The number of hydrogen-bond acceptors (Lipinski definition) is 0. The van der Waals surface area contributed by atoms with E-state index in [0.717, 1.165) is 13.0 Å². The van der Waals surface area contributed by atoms with Crippen LogP contribution in [0.5, 0.6) is 0 Å². The van der Waals surface area contributed by atoms with Crippen LogP contribution in [-0.2, 0) is 6.42 Å². The van der Waals surface area contributed by atoms with Crippen molar-refractivity contribution in [2.24, 2.45) is 17.3 Å². The van der Waals surface area contributed by atoms with Gasteiger partial charge < -0.3 is 0 Å². The Morgan fingerprint density at radius 2 is 1.50 bits per heavy atom. The van der Waals surface area contributed by atoms with Gasteiger partial charge in [0.1, 0.15) is 5.03 Å². The Labute approximate surface area is 139 Å². The lowest BCUT2D eigenvalue weighted by atomic mass is 10.00. The summed E-state index contributed by atoms with van der Waals surface area (Å²) in [6, 6.07) is 0. The summed E-state index contributed by atoms with van der Waals surface area (Å²) in [5.41, 5.74) is -2.31. The quantitative estimate of drug-likeness (QED) is 0.446. The summed E-state index contributed by atoms with van der Waals surface area (Å²) in [5.74, 6) is -7.36. The van der Waals surface area contributed by atoms with Gasteiger partial charge in [-0.05, 0) is 30.6 Å². The Morgan fingerprint density at radius 3 is 1.92 bits per heavy atom. The monoisotopic (exact) mass is 374 g/mol. The van der Waals surface area contributed by atoms with Crippen LogP contribution in [0.15, 0.2) is 11.1 Å². The van der Waals surface area contributed by atoms with Crippen molar-refractivity contribution in [2.45, 2.75) is 33.4 Å². The minimum Gasteiger partial charge on any atom is -0.203 e. The van der Waals surface area contributed by atoms with Gasteiger partial charge in [-0.25, -0.2) is 17.6 Å². The topological polar surface area (TPSA) is 0 Å². The van der Waals surface area contributed by atoms with E-state index in [9.17, 15) is 30.7 Å². The van der Waals surface area contributed by atoms with Crippen molar-refractivity contribution in [1.29, 1.82) is 0 Å². The Bertz CT molecular complexity index is 674. The zero-order valence-electron chi connectivity index (χ0n) is 13.0. The number of hydrogen-bond donors (Lipinski definition) is 0. The van der Waals surface area contributed by atoms with Crippen molar-refractivity contribution < 1.29 is 30.7 Å². The van der Waals surface area contributed by atoms with Gasteiger partial charge in [0.05, 0.1) is 0 Å². The van der Waals surface area contributed by atoms with E-state index >= 15 is 0 Å². The van der Waals surface area contributed by atoms with E-state index in [2.05, 4.69) is 0 Å². The molecule has 1 aromatic rings. The zero-order valence-corrected chi connectivity index (χ0v) is 13.7. The van der Waals surface area contributed by atoms with E-state index in [1.165, 1.54) is 0 Å². The molecule has 0 aliphatic heterocycles. The molecule has 1 fully saturated rings. The molecule has 0 bridgehead atoms. The molecule has 0 amide bonds. The zero-order chi connectivity index (χ0) is 18.6. The summed E-state index contributed by atoms with van der Waals surface area (Å²) in [7, 11) is 0. The third-order valence-electron chi connectivity index (χ3n) is 4.73. The molecule has 0 radical (unpaired) electrons. The fourth-order valence-electron chi connectivity index (χ4n) is 2.95. The molecule has 2 unspecified atom stereocenters. The third kappa shape index (κ3) is 3.15. The van der Waals surface area contributed by atoms with E-state index in [1.54, 1.807) is 13.8 Å². The Morgan fingerprint density at radius 1 is 1.04 bits per heavy atom. The predicted molar refractivity (Wildman–Crippen MR) is 75.5 cm³/mol. The number of rotatable bonds is 3. The molecule has 0 saturated heterocycles. The summed E-state index contributed by atoms with van der Waals surface area (Å²) in [4.78, 5) is 0. The smallest absolute Gasteiger partial charge is 0.203 e. The number of alkyl halides is 3. The highest BCUT2D eigenvalue weighted by Crippen LogP contribution is 2.61. The number of allylic oxidation sites excluding steroid dienone is 2. The Hall–Kier alpha value is -1.24.